The molecule has 4 rings (SSSR count). The molecule has 0 amide bonds. The number of benzene rings is 3. The molecule has 1 aliphatic rings. The molecule has 168 valence electrons. The van der Waals surface area contributed by atoms with Crippen molar-refractivity contribution >= 4 is 28.3 Å². The molecule has 0 saturated carbocycles. The number of carbonyl (C=O) groups excluding carboxylic acids is 1. The van der Waals surface area contributed by atoms with Crippen molar-refractivity contribution in [1.29, 1.82) is 0 Å². The van der Waals surface area contributed by atoms with Gasteiger partial charge in [0.1, 0.15) is 10.8 Å². The predicted molar refractivity (Wildman–Crippen MR) is 135 cm³/mol. The zero-order valence-electron chi connectivity index (χ0n) is 19.2. The Morgan fingerprint density at radius 2 is 1.48 bits per heavy atom. The van der Waals surface area contributed by atoms with Crippen molar-refractivity contribution in [3.63, 3.8) is 0 Å². The molecule has 33 heavy (non-hydrogen) atoms. The summed E-state index contributed by atoms with van der Waals surface area (Å²) in [6.45, 7) is 4.06. The Labute approximate surface area is 198 Å². The molecule has 0 bridgehead atoms. The number of ketones is 1. The lowest BCUT2D eigenvalue weighted by Crippen LogP contribution is -2.09. The van der Waals surface area contributed by atoms with Crippen molar-refractivity contribution in [2.45, 2.75) is 20.3 Å². The molecule has 1 heterocycles. The van der Waals surface area contributed by atoms with Crippen molar-refractivity contribution < 1.29 is 14.3 Å². The molecule has 0 unspecified atom stereocenters. The van der Waals surface area contributed by atoms with Gasteiger partial charge < -0.3 is 9.47 Å². The van der Waals surface area contributed by atoms with Gasteiger partial charge in [0.25, 0.3) is 0 Å². The quantitative estimate of drug-likeness (QED) is 0.448. The van der Waals surface area contributed by atoms with Crippen molar-refractivity contribution in [2.75, 3.05) is 20.0 Å². The van der Waals surface area contributed by atoms with Crippen molar-refractivity contribution in [3.05, 3.63) is 94.0 Å². The molecule has 0 spiro atoms. The molecule has 0 atom stereocenters. The maximum Gasteiger partial charge on any atom is 0.173 e. The van der Waals surface area contributed by atoms with E-state index in [4.69, 9.17) is 9.47 Å². The summed E-state index contributed by atoms with van der Waals surface area (Å²) in [5, 5.41) is 9.94. The maximum atomic E-state index is 12.7. The monoisotopic (exact) mass is 458 g/mol. The molecule has 0 aromatic heterocycles. The minimum Gasteiger partial charge on any atom is -0.493 e. The number of aryl methyl sites for hydroxylation is 2. The van der Waals surface area contributed by atoms with Crippen LogP contribution in [0.5, 0.6) is 11.5 Å². The van der Waals surface area contributed by atoms with Crippen LogP contribution in [-0.4, -0.2) is 36.5 Å². The molecular weight excluding hydrogens is 432 g/mol. The molecule has 3 aromatic carbocycles. The van der Waals surface area contributed by atoms with Crippen LogP contribution in [0.15, 0.2) is 70.9 Å². The first-order valence-corrected chi connectivity index (χ1v) is 11.7. The molecule has 0 fully saturated rings. The highest BCUT2D eigenvalue weighted by atomic mass is 32.2. The van der Waals surface area contributed by atoms with Gasteiger partial charge in [-0.15, -0.1) is 22.0 Å². The fraction of sp³-hybridized carbons (Fsp3) is 0.222. The Morgan fingerprint density at radius 1 is 0.879 bits per heavy atom. The molecule has 3 aromatic rings. The number of hydrogen-bond donors (Lipinski definition) is 0. The molecule has 0 N–H and O–H groups in total. The van der Waals surface area contributed by atoms with E-state index >= 15 is 0 Å². The highest BCUT2D eigenvalue weighted by Crippen LogP contribution is 2.34. The van der Waals surface area contributed by atoms with Gasteiger partial charge in [-0.05, 0) is 31.5 Å². The van der Waals surface area contributed by atoms with Gasteiger partial charge in [-0.2, -0.15) is 0 Å². The lowest BCUT2D eigenvalue weighted by molar-refractivity contribution is 0.102. The predicted octanol–water partition coefficient (Wildman–Crippen LogP) is 5.64. The topological polar surface area (TPSA) is 60.2 Å². The summed E-state index contributed by atoms with van der Waals surface area (Å²) in [4.78, 5) is 12.7. The number of methoxy groups -OCH3 is 2. The van der Waals surface area contributed by atoms with Crippen LogP contribution in [0.3, 0.4) is 0 Å². The smallest absolute Gasteiger partial charge is 0.173 e. The van der Waals surface area contributed by atoms with E-state index in [2.05, 4.69) is 29.3 Å². The Morgan fingerprint density at radius 3 is 2.12 bits per heavy atom. The van der Waals surface area contributed by atoms with E-state index in [1.807, 2.05) is 55.5 Å². The zero-order chi connectivity index (χ0) is 23.4. The fourth-order valence-electron chi connectivity index (χ4n) is 3.62. The normalized spacial score (nSPS) is 12.8. The van der Waals surface area contributed by atoms with Crippen LogP contribution in [0, 0.1) is 13.8 Å². The number of carbonyl (C=O) groups is 1. The summed E-state index contributed by atoms with van der Waals surface area (Å²) in [5.74, 6) is 1.67. The van der Waals surface area contributed by atoms with Crippen molar-refractivity contribution in [2.24, 2.45) is 10.2 Å². The summed E-state index contributed by atoms with van der Waals surface area (Å²) >= 11 is 1.43. The maximum absolute atomic E-state index is 12.7. The summed E-state index contributed by atoms with van der Waals surface area (Å²) in [5.41, 5.74) is 6.73. The number of thioether (sulfide) groups is 1. The SMILES string of the molecule is COc1cc2c(cc1OC)C(c1ccc(C)cc1)=NN=C(SCC(=O)c1ccc(C)cc1)C2. The number of rotatable bonds is 6. The summed E-state index contributed by atoms with van der Waals surface area (Å²) in [6.07, 6.45) is 0.556. The van der Waals surface area contributed by atoms with Gasteiger partial charge in [0.05, 0.1) is 20.0 Å². The molecule has 0 radical (unpaired) electrons. The average Bonchev–Trinajstić information content (AvgIpc) is 3.01. The first-order valence-electron chi connectivity index (χ1n) is 10.7. The largest absolute Gasteiger partial charge is 0.493 e. The van der Waals surface area contributed by atoms with E-state index < -0.39 is 0 Å². The zero-order valence-corrected chi connectivity index (χ0v) is 20.0. The molecule has 6 heteroatoms. The number of ether oxygens (including phenoxy) is 2. The highest BCUT2D eigenvalue weighted by molar-refractivity contribution is 8.14. The van der Waals surface area contributed by atoms with E-state index in [0.29, 0.717) is 29.2 Å². The number of nitrogens with zero attached hydrogens (tertiary/aromatic N) is 2. The van der Waals surface area contributed by atoms with Crippen LogP contribution < -0.4 is 9.47 Å². The van der Waals surface area contributed by atoms with Crippen LogP contribution >= 0.6 is 11.8 Å². The number of hydrogen-bond acceptors (Lipinski definition) is 6. The van der Waals surface area contributed by atoms with Gasteiger partial charge in [-0.25, -0.2) is 0 Å². The minimum absolute atomic E-state index is 0.0715. The first kappa shape index (κ1) is 22.8. The van der Waals surface area contributed by atoms with Crippen LogP contribution in [0.1, 0.15) is 38.2 Å². The van der Waals surface area contributed by atoms with E-state index in [1.54, 1.807) is 14.2 Å². The third kappa shape index (κ3) is 5.17. The molecule has 1 aliphatic heterocycles. The number of Topliss-reactive ketones (excluding diaryl/α,β-unsaturated/α-hetero) is 1. The van der Waals surface area contributed by atoms with Crippen LogP contribution in [0.4, 0.5) is 0 Å². The second-order valence-electron chi connectivity index (χ2n) is 7.93. The second-order valence-corrected chi connectivity index (χ2v) is 8.98. The van der Waals surface area contributed by atoms with Gasteiger partial charge in [-0.1, -0.05) is 59.7 Å². The summed E-state index contributed by atoms with van der Waals surface area (Å²) in [7, 11) is 3.25. The van der Waals surface area contributed by atoms with Crippen LogP contribution in [-0.2, 0) is 6.42 Å². The standard InChI is InChI=1S/C27H26N2O3S/c1-17-5-9-19(10-6-17)23(30)16-33-26-14-21-13-24(31-3)25(32-4)15-22(21)27(29-28-26)20-11-7-18(2)8-12-20/h5-13,15H,14,16H2,1-4H3. The van der Waals surface area contributed by atoms with Crippen LogP contribution in [0.25, 0.3) is 0 Å². The summed E-state index contributed by atoms with van der Waals surface area (Å²) in [6, 6.07) is 19.8. The van der Waals surface area contributed by atoms with Gasteiger partial charge in [0.2, 0.25) is 0 Å². The second kappa shape index (κ2) is 10.0. The van der Waals surface area contributed by atoms with Gasteiger partial charge >= 0.3 is 0 Å². The van der Waals surface area contributed by atoms with Crippen LogP contribution in [0.2, 0.25) is 0 Å². The fourth-order valence-corrected chi connectivity index (χ4v) is 4.44. The third-order valence-electron chi connectivity index (χ3n) is 5.54. The lowest BCUT2D eigenvalue weighted by Gasteiger charge is -2.15. The van der Waals surface area contributed by atoms with Gasteiger partial charge in [0, 0.05) is 23.1 Å². The van der Waals surface area contributed by atoms with Crippen molar-refractivity contribution in [1.82, 2.24) is 0 Å². The minimum atomic E-state index is 0.0715. The Balaban J connectivity index is 1.67. The van der Waals surface area contributed by atoms with Gasteiger partial charge in [0.15, 0.2) is 17.3 Å². The first-order chi connectivity index (χ1) is 16.0. The summed E-state index contributed by atoms with van der Waals surface area (Å²) < 4.78 is 11.1. The average molecular weight is 459 g/mol. The Bertz CT molecular complexity index is 1230. The molecule has 0 aliphatic carbocycles. The molecule has 5 nitrogen and oxygen atoms in total. The third-order valence-corrected chi connectivity index (χ3v) is 6.50. The van der Waals surface area contributed by atoms with E-state index in [0.717, 1.165) is 33.0 Å². The number of fused-ring (bicyclic) bond motifs is 1. The lowest BCUT2D eigenvalue weighted by atomic mass is 9.95. The van der Waals surface area contributed by atoms with E-state index in [1.165, 1.54) is 17.3 Å². The molecular formula is C27H26N2O3S. The molecule has 0 saturated heterocycles. The highest BCUT2D eigenvalue weighted by Gasteiger charge is 2.21. The van der Waals surface area contributed by atoms with Crippen molar-refractivity contribution in [3.8, 4) is 11.5 Å². The Kier molecular flexibility index (Phi) is 6.94. The Hall–Kier alpha value is -3.38. The van der Waals surface area contributed by atoms with E-state index in [9.17, 15) is 4.79 Å². The van der Waals surface area contributed by atoms with Gasteiger partial charge in [-0.3, -0.25) is 4.79 Å². The van der Waals surface area contributed by atoms with E-state index in [-0.39, 0.29) is 5.78 Å².